The van der Waals surface area contributed by atoms with Gasteiger partial charge in [0.05, 0.1) is 5.57 Å². The van der Waals surface area contributed by atoms with Crippen LogP contribution < -0.4 is 11.3 Å². The van der Waals surface area contributed by atoms with E-state index in [0.717, 1.165) is 0 Å². The average molecular weight is 224 g/mol. The lowest BCUT2D eigenvalue weighted by Gasteiger charge is -2.11. The van der Waals surface area contributed by atoms with Crippen LogP contribution >= 0.6 is 0 Å². The van der Waals surface area contributed by atoms with Gasteiger partial charge in [0, 0.05) is 0 Å². The number of carbonyl (C=O) groups is 1. The SMILES string of the molecule is NNC(C(=O)O)C(=C=O)c1ccccc1.O. The number of nitrogens with one attached hydrogen (secondary N) is 1. The molecule has 86 valence electrons. The molecule has 0 aromatic heterocycles. The van der Waals surface area contributed by atoms with Gasteiger partial charge in [0.15, 0.2) is 6.04 Å². The van der Waals surface area contributed by atoms with Crippen LogP contribution in [0, 0.1) is 0 Å². The van der Waals surface area contributed by atoms with Crippen LogP contribution in [0.3, 0.4) is 0 Å². The molecule has 0 bridgehead atoms. The van der Waals surface area contributed by atoms with E-state index < -0.39 is 12.0 Å². The van der Waals surface area contributed by atoms with Crippen molar-refractivity contribution in [3.05, 3.63) is 35.9 Å². The fraction of sp³-hybridized carbons (Fsp3) is 0.100. The maximum atomic E-state index is 10.8. The van der Waals surface area contributed by atoms with E-state index in [1.54, 1.807) is 36.3 Å². The first-order chi connectivity index (χ1) is 7.20. The predicted octanol–water partition coefficient (Wildman–Crippen LogP) is -1.01. The number of aliphatic carboxylic acids is 1. The predicted molar refractivity (Wildman–Crippen MR) is 57.9 cm³/mol. The quantitative estimate of drug-likeness (QED) is 0.343. The normalized spacial score (nSPS) is 10.8. The Morgan fingerprint density at radius 3 is 2.31 bits per heavy atom. The fourth-order valence-corrected chi connectivity index (χ4v) is 1.18. The van der Waals surface area contributed by atoms with E-state index in [1.165, 1.54) is 0 Å². The van der Waals surface area contributed by atoms with Crippen molar-refractivity contribution in [3.63, 3.8) is 0 Å². The van der Waals surface area contributed by atoms with E-state index >= 15 is 0 Å². The minimum absolute atomic E-state index is 0. The lowest BCUT2D eigenvalue weighted by molar-refractivity contribution is -0.137. The van der Waals surface area contributed by atoms with E-state index in [9.17, 15) is 9.59 Å². The zero-order valence-electron chi connectivity index (χ0n) is 8.31. The summed E-state index contributed by atoms with van der Waals surface area (Å²) in [5.74, 6) is 5.43. The number of benzene rings is 1. The van der Waals surface area contributed by atoms with Gasteiger partial charge in [-0.15, -0.1) is 0 Å². The summed E-state index contributed by atoms with van der Waals surface area (Å²) < 4.78 is 0. The number of hydrogen-bond acceptors (Lipinski definition) is 4. The highest BCUT2D eigenvalue weighted by atomic mass is 16.4. The molecule has 0 aliphatic heterocycles. The Morgan fingerprint density at radius 1 is 1.38 bits per heavy atom. The standard InChI is InChI=1S/C10H10N2O3.H2O/c11-12-9(10(14)15)8(6-13)7-4-2-1-3-5-7;/h1-5,9,12H,11H2,(H,14,15);1H2. The molecule has 0 fully saturated rings. The third kappa shape index (κ3) is 3.01. The van der Waals surface area contributed by atoms with Crippen LogP contribution in [-0.4, -0.2) is 28.5 Å². The maximum Gasteiger partial charge on any atom is 0.327 e. The molecule has 1 rings (SSSR count). The third-order valence-corrected chi connectivity index (χ3v) is 1.90. The second-order valence-corrected chi connectivity index (χ2v) is 2.82. The zero-order valence-corrected chi connectivity index (χ0v) is 8.31. The first-order valence-corrected chi connectivity index (χ1v) is 4.20. The summed E-state index contributed by atoms with van der Waals surface area (Å²) in [6.07, 6.45) is 0. The van der Waals surface area contributed by atoms with E-state index in [0.29, 0.717) is 5.56 Å². The second-order valence-electron chi connectivity index (χ2n) is 2.82. The van der Waals surface area contributed by atoms with Crippen LogP contribution in [0.25, 0.3) is 5.57 Å². The molecule has 0 saturated carbocycles. The van der Waals surface area contributed by atoms with Crippen molar-refractivity contribution in [3.8, 4) is 0 Å². The summed E-state index contributed by atoms with van der Waals surface area (Å²) in [6.45, 7) is 0. The van der Waals surface area contributed by atoms with E-state index in [-0.39, 0.29) is 11.0 Å². The summed E-state index contributed by atoms with van der Waals surface area (Å²) in [7, 11) is 0. The van der Waals surface area contributed by atoms with Crippen LogP contribution in [-0.2, 0) is 9.59 Å². The molecule has 0 aliphatic carbocycles. The lowest BCUT2D eigenvalue weighted by atomic mass is 10.0. The van der Waals surface area contributed by atoms with Crippen LogP contribution in [0.5, 0.6) is 0 Å². The van der Waals surface area contributed by atoms with E-state index in [1.807, 2.05) is 0 Å². The van der Waals surface area contributed by atoms with Crippen molar-refractivity contribution in [2.75, 3.05) is 0 Å². The Bertz CT molecular complexity index is 399. The number of carbonyl (C=O) groups excluding carboxylic acids is 1. The molecule has 0 radical (unpaired) electrons. The van der Waals surface area contributed by atoms with Gasteiger partial charge in [-0.2, -0.15) is 0 Å². The Hall–Kier alpha value is -1.98. The summed E-state index contributed by atoms with van der Waals surface area (Å²) in [5.41, 5.74) is 2.51. The molecule has 6 heteroatoms. The van der Waals surface area contributed by atoms with Crippen molar-refractivity contribution in [1.29, 1.82) is 0 Å². The van der Waals surface area contributed by atoms with Gasteiger partial charge in [-0.1, -0.05) is 30.3 Å². The average Bonchev–Trinajstić information content (AvgIpc) is 2.26. The smallest absolute Gasteiger partial charge is 0.327 e. The van der Waals surface area contributed by atoms with E-state index in [2.05, 4.69) is 5.43 Å². The number of carboxylic acids is 1. The van der Waals surface area contributed by atoms with Crippen molar-refractivity contribution in [2.24, 2.45) is 5.84 Å². The summed E-state index contributed by atoms with van der Waals surface area (Å²) in [5, 5.41) is 8.79. The monoisotopic (exact) mass is 224 g/mol. The molecule has 6 nitrogen and oxygen atoms in total. The molecule has 1 aromatic rings. The number of hydrogen-bond donors (Lipinski definition) is 3. The molecule has 0 spiro atoms. The Balaban J connectivity index is 0.00000225. The van der Waals surface area contributed by atoms with Gasteiger partial charge >= 0.3 is 5.97 Å². The van der Waals surface area contributed by atoms with Crippen LogP contribution in [0.2, 0.25) is 0 Å². The highest BCUT2D eigenvalue weighted by molar-refractivity contribution is 6.01. The van der Waals surface area contributed by atoms with Crippen molar-refractivity contribution < 1.29 is 20.2 Å². The molecule has 0 aliphatic rings. The van der Waals surface area contributed by atoms with Gasteiger partial charge in [-0.05, 0) is 5.56 Å². The zero-order chi connectivity index (χ0) is 11.3. The lowest BCUT2D eigenvalue weighted by Crippen LogP contribution is -2.42. The molecule has 1 atom stereocenters. The molecule has 0 heterocycles. The van der Waals surface area contributed by atoms with Crippen molar-refractivity contribution >= 4 is 17.5 Å². The van der Waals surface area contributed by atoms with Crippen LogP contribution in [0.1, 0.15) is 5.56 Å². The Labute approximate surface area is 91.7 Å². The van der Waals surface area contributed by atoms with Crippen LogP contribution in [0.15, 0.2) is 30.3 Å². The van der Waals surface area contributed by atoms with Crippen LogP contribution in [0.4, 0.5) is 0 Å². The highest BCUT2D eigenvalue weighted by Gasteiger charge is 2.22. The fourth-order valence-electron chi connectivity index (χ4n) is 1.18. The van der Waals surface area contributed by atoms with E-state index in [4.69, 9.17) is 10.9 Å². The molecular weight excluding hydrogens is 212 g/mol. The molecule has 16 heavy (non-hydrogen) atoms. The largest absolute Gasteiger partial charge is 0.480 e. The van der Waals surface area contributed by atoms with Gasteiger partial charge in [0.25, 0.3) is 0 Å². The number of nitrogens with two attached hydrogens (primary N) is 1. The summed E-state index contributed by atoms with van der Waals surface area (Å²) in [6, 6.07) is 7.15. The first kappa shape index (κ1) is 14.0. The molecular formula is C10H12N2O4. The molecule has 0 amide bonds. The van der Waals surface area contributed by atoms with Gasteiger partial charge in [0.2, 0.25) is 0 Å². The summed E-state index contributed by atoms with van der Waals surface area (Å²) >= 11 is 0. The minimum Gasteiger partial charge on any atom is -0.480 e. The second kappa shape index (κ2) is 6.49. The molecule has 1 aromatic carbocycles. The Morgan fingerprint density at radius 2 is 1.94 bits per heavy atom. The van der Waals surface area contributed by atoms with Gasteiger partial charge in [0.1, 0.15) is 5.94 Å². The van der Waals surface area contributed by atoms with Gasteiger partial charge in [-0.3, -0.25) is 10.6 Å². The number of rotatable bonds is 4. The number of hydrazine groups is 1. The third-order valence-electron chi connectivity index (χ3n) is 1.90. The summed E-state index contributed by atoms with van der Waals surface area (Å²) in [4.78, 5) is 21.5. The van der Waals surface area contributed by atoms with Crippen molar-refractivity contribution in [2.45, 2.75) is 6.04 Å². The number of carboxylic acid groups (broad SMARTS) is 1. The maximum absolute atomic E-state index is 10.8. The molecule has 6 N–H and O–H groups in total. The Kier molecular flexibility index (Phi) is 5.69. The highest BCUT2D eigenvalue weighted by Crippen LogP contribution is 2.14. The molecule has 1 unspecified atom stereocenters. The first-order valence-electron chi connectivity index (χ1n) is 4.20. The van der Waals surface area contributed by atoms with Gasteiger partial charge < -0.3 is 10.6 Å². The van der Waals surface area contributed by atoms with Crippen molar-refractivity contribution in [1.82, 2.24) is 5.43 Å². The topological polar surface area (TPSA) is 124 Å². The van der Waals surface area contributed by atoms with Gasteiger partial charge in [-0.25, -0.2) is 10.2 Å². The minimum atomic E-state index is -1.25. The molecule has 0 saturated heterocycles.